The third-order valence-corrected chi connectivity index (χ3v) is 4.33. The Balaban J connectivity index is 2.57. The fourth-order valence-corrected chi connectivity index (χ4v) is 2.79. The summed E-state index contributed by atoms with van der Waals surface area (Å²) in [6, 6.07) is 7.60. The Bertz CT molecular complexity index is 723. The average Bonchev–Trinajstić information content (AvgIpc) is 2.41. The summed E-state index contributed by atoms with van der Waals surface area (Å²) in [5.41, 5.74) is 5.99. The first-order valence-electron chi connectivity index (χ1n) is 6.68. The van der Waals surface area contributed by atoms with Gasteiger partial charge in [0, 0.05) is 10.2 Å². The zero-order valence-electron chi connectivity index (χ0n) is 12.5. The SMILES string of the molecule is Cc1cc(Br)ccc1Nc1c(C(=O)O)cc(C)c(C)c1C. The summed E-state index contributed by atoms with van der Waals surface area (Å²) >= 11 is 3.43. The van der Waals surface area contributed by atoms with Gasteiger partial charge in [-0.1, -0.05) is 15.9 Å². The van der Waals surface area contributed by atoms with Gasteiger partial charge in [-0.2, -0.15) is 0 Å². The third-order valence-electron chi connectivity index (χ3n) is 3.84. The van der Waals surface area contributed by atoms with Crippen LogP contribution in [0.5, 0.6) is 0 Å². The molecule has 0 saturated carbocycles. The van der Waals surface area contributed by atoms with Crippen molar-refractivity contribution in [1.82, 2.24) is 0 Å². The Morgan fingerprint density at radius 3 is 2.29 bits per heavy atom. The third kappa shape index (κ3) is 3.10. The highest BCUT2D eigenvalue weighted by atomic mass is 79.9. The molecule has 2 N–H and O–H groups in total. The molecule has 0 amide bonds. The number of rotatable bonds is 3. The van der Waals surface area contributed by atoms with Gasteiger partial charge in [0.2, 0.25) is 0 Å². The number of nitrogens with one attached hydrogen (secondary N) is 1. The Morgan fingerprint density at radius 1 is 1.05 bits per heavy atom. The van der Waals surface area contributed by atoms with Crippen molar-refractivity contribution in [2.24, 2.45) is 0 Å². The summed E-state index contributed by atoms with van der Waals surface area (Å²) in [5, 5.41) is 12.7. The van der Waals surface area contributed by atoms with Gasteiger partial charge in [0.1, 0.15) is 0 Å². The number of aromatic carboxylic acids is 1. The molecular weight excluding hydrogens is 330 g/mol. The Morgan fingerprint density at radius 2 is 1.71 bits per heavy atom. The van der Waals surface area contributed by atoms with Gasteiger partial charge in [-0.25, -0.2) is 4.79 Å². The number of hydrogen-bond acceptors (Lipinski definition) is 2. The molecule has 0 spiro atoms. The lowest BCUT2D eigenvalue weighted by Crippen LogP contribution is -2.07. The molecule has 0 bridgehead atoms. The van der Waals surface area contributed by atoms with E-state index >= 15 is 0 Å². The maximum Gasteiger partial charge on any atom is 0.337 e. The van der Waals surface area contributed by atoms with Crippen molar-refractivity contribution in [3.8, 4) is 0 Å². The van der Waals surface area contributed by atoms with Crippen LogP contribution in [-0.4, -0.2) is 11.1 Å². The molecule has 0 aromatic heterocycles. The highest BCUT2D eigenvalue weighted by Gasteiger charge is 2.16. The molecule has 0 fully saturated rings. The fraction of sp³-hybridized carbons (Fsp3) is 0.235. The number of carboxylic acid groups (broad SMARTS) is 1. The van der Waals surface area contributed by atoms with Gasteiger partial charge in [-0.3, -0.25) is 0 Å². The second-order valence-electron chi connectivity index (χ2n) is 5.26. The van der Waals surface area contributed by atoms with Crippen molar-refractivity contribution in [2.45, 2.75) is 27.7 Å². The van der Waals surface area contributed by atoms with Gasteiger partial charge in [0.15, 0.2) is 0 Å². The van der Waals surface area contributed by atoms with E-state index in [1.54, 1.807) is 6.07 Å². The zero-order valence-corrected chi connectivity index (χ0v) is 14.1. The van der Waals surface area contributed by atoms with Crippen LogP contribution >= 0.6 is 15.9 Å². The highest BCUT2D eigenvalue weighted by Crippen LogP contribution is 2.31. The summed E-state index contributed by atoms with van der Waals surface area (Å²) in [6.07, 6.45) is 0. The van der Waals surface area contributed by atoms with Gasteiger partial charge in [-0.05, 0) is 74.2 Å². The van der Waals surface area contributed by atoms with Gasteiger partial charge >= 0.3 is 5.97 Å². The maximum atomic E-state index is 11.5. The van der Waals surface area contributed by atoms with Crippen LogP contribution in [-0.2, 0) is 0 Å². The van der Waals surface area contributed by atoms with Crippen LogP contribution in [0.25, 0.3) is 0 Å². The zero-order chi connectivity index (χ0) is 15.7. The number of aryl methyl sites for hydroxylation is 2. The molecule has 3 nitrogen and oxygen atoms in total. The minimum Gasteiger partial charge on any atom is -0.478 e. The molecule has 0 aliphatic rings. The second-order valence-corrected chi connectivity index (χ2v) is 6.17. The number of benzene rings is 2. The molecule has 0 aliphatic heterocycles. The van der Waals surface area contributed by atoms with Crippen molar-refractivity contribution in [3.05, 3.63) is 56.6 Å². The Labute approximate surface area is 133 Å². The molecule has 0 aliphatic carbocycles. The first-order chi connectivity index (χ1) is 9.81. The second kappa shape index (κ2) is 5.90. The molecule has 0 unspecified atom stereocenters. The molecule has 0 heterocycles. The predicted octanol–water partition coefficient (Wildman–Crippen LogP) is 5.12. The molecule has 2 aromatic rings. The summed E-state index contributed by atoms with van der Waals surface area (Å²) in [7, 11) is 0. The van der Waals surface area contributed by atoms with Crippen LogP contribution in [0, 0.1) is 27.7 Å². The molecule has 0 radical (unpaired) electrons. The minimum absolute atomic E-state index is 0.304. The van der Waals surface area contributed by atoms with Crippen molar-refractivity contribution in [1.29, 1.82) is 0 Å². The smallest absolute Gasteiger partial charge is 0.337 e. The van der Waals surface area contributed by atoms with Crippen LogP contribution in [0.3, 0.4) is 0 Å². The Hall–Kier alpha value is -1.81. The summed E-state index contributed by atoms with van der Waals surface area (Å²) in [6.45, 7) is 7.88. The summed E-state index contributed by atoms with van der Waals surface area (Å²) < 4.78 is 1.00. The van der Waals surface area contributed by atoms with Crippen molar-refractivity contribution >= 4 is 33.3 Å². The topological polar surface area (TPSA) is 49.3 Å². The summed E-state index contributed by atoms with van der Waals surface area (Å²) in [5.74, 6) is -0.918. The Kier molecular flexibility index (Phi) is 4.37. The predicted molar refractivity (Wildman–Crippen MR) is 89.8 cm³/mol. The highest BCUT2D eigenvalue weighted by molar-refractivity contribution is 9.10. The van der Waals surface area contributed by atoms with Gasteiger partial charge < -0.3 is 10.4 Å². The maximum absolute atomic E-state index is 11.5. The number of carboxylic acids is 1. The number of halogens is 1. The molecule has 0 saturated heterocycles. The van der Waals surface area contributed by atoms with E-state index in [0.717, 1.165) is 32.4 Å². The quantitative estimate of drug-likeness (QED) is 0.809. The van der Waals surface area contributed by atoms with E-state index < -0.39 is 5.97 Å². The van der Waals surface area contributed by atoms with Gasteiger partial charge in [0.25, 0.3) is 0 Å². The largest absolute Gasteiger partial charge is 0.478 e. The van der Waals surface area contributed by atoms with E-state index in [2.05, 4.69) is 21.2 Å². The number of anilines is 2. The van der Waals surface area contributed by atoms with Gasteiger partial charge in [-0.15, -0.1) is 0 Å². The molecular formula is C17H18BrNO2. The van der Waals surface area contributed by atoms with E-state index in [1.807, 2.05) is 45.9 Å². The monoisotopic (exact) mass is 347 g/mol. The van der Waals surface area contributed by atoms with Crippen molar-refractivity contribution in [3.63, 3.8) is 0 Å². The standard InChI is InChI=1S/C17H18BrNO2/c1-9-8-14(17(20)21)16(12(4)11(9)3)19-15-6-5-13(18)7-10(15)2/h5-8,19H,1-4H3,(H,20,21). The minimum atomic E-state index is -0.918. The van der Waals surface area contributed by atoms with Crippen LogP contribution in [0.1, 0.15) is 32.6 Å². The normalized spacial score (nSPS) is 10.5. The van der Waals surface area contributed by atoms with Crippen molar-refractivity contribution in [2.75, 3.05) is 5.32 Å². The first-order valence-corrected chi connectivity index (χ1v) is 7.48. The fourth-order valence-electron chi connectivity index (χ4n) is 2.31. The number of carbonyl (C=O) groups is 1. The van der Waals surface area contributed by atoms with Crippen LogP contribution in [0.15, 0.2) is 28.7 Å². The van der Waals surface area contributed by atoms with E-state index in [9.17, 15) is 9.90 Å². The molecule has 0 atom stereocenters. The van der Waals surface area contributed by atoms with Crippen molar-refractivity contribution < 1.29 is 9.90 Å². The van der Waals surface area contributed by atoms with E-state index in [-0.39, 0.29) is 0 Å². The average molecular weight is 348 g/mol. The summed E-state index contributed by atoms with van der Waals surface area (Å²) in [4.78, 5) is 11.5. The number of hydrogen-bond donors (Lipinski definition) is 2. The molecule has 4 heteroatoms. The molecule has 110 valence electrons. The first kappa shape index (κ1) is 15.6. The molecule has 2 aromatic carbocycles. The van der Waals surface area contributed by atoms with E-state index in [1.165, 1.54) is 0 Å². The molecule has 2 rings (SSSR count). The van der Waals surface area contributed by atoms with Crippen LogP contribution in [0.2, 0.25) is 0 Å². The van der Waals surface area contributed by atoms with Crippen LogP contribution < -0.4 is 5.32 Å². The van der Waals surface area contributed by atoms with E-state index in [0.29, 0.717) is 11.3 Å². The van der Waals surface area contributed by atoms with Crippen LogP contribution in [0.4, 0.5) is 11.4 Å². The molecule has 21 heavy (non-hydrogen) atoms. The lowest BCUT2D eigenvalue weighted by atomic mass is 9.97. The van der Waals surface area contributed by atoms with Gasteiger partial charge in [0.05, 0.1) is 11.3 Å². The van der Waals surface area contributed by atoms with E-state index in [4.69, 9.17) is 0 Å². The lowest BCUT2D eigenvalue weighted by molar-refractivity contribution is 0.0698. The lowest BCUT2D eigenvalue weighted by Gasteiger charge is -2.18.